The summed E-state index contributed by atoms with van der Waals surface area (Å²) in [5.41, 5.74) is 5.90. The van der Waals surface area contributed by atoms with E-state index in [4.69, 9.17) is 5.73 Å². The third kappa shape index (κ3) is 4.24. The van der Waals surface area contributed by atoms with Gasteiger partial charge >= 0.3 is 0 Å². The first kappa shape index (κ1) is 13.2. The maximum atomic E-state index is 11.6. The molecule has 1 rings (SSSR count). The van der Waals surface area contributed by atoms with Gasteiger partial charge < -0.3 is 16.2 Å². The quantitative estimate of drug-likeness (QED) is 0.648. The van der Waals surface area contributed by atoms with E-state index < -0.39 is 18.1 Å². The maximum Gasteiger partial charge on any atom is 0.242 e. The summed E-state index contributed by atoms with van der Waals surface area (Å²) in [6, 6.07) is 8.06. The van der Waals surface area contributed by atoms with Gasteiger partial charge in [-0.25, -0.2) is 0 Å². The summed E-state index contributed by atoms with van der Waals surface area (Å²) >= 11 is 0. The van der Waals surface area contributed by atoms with Gasteiger partial charge in [0.05, 0.1) is 12.5 Å². The highest BCUT2D eigenvalue weighted by atomic mass is 16.3. The van der Waals surface area contributed by atoms with Gasteiger partial charge in [0, 0.05) is 0 Å². The Kier molecular flexibility index (Phi) is 4.66. The predicted molar refractivity (Wildman–Crippen MR) is 63.0 cm³/mol. The molecular formula is C12H16N2O3. The Hall–Kier alpha value is -1.88. The summed E-state index contributed by atoms with van der Waals surface area (Å²) in [7, 11) is 0. The van der Waals surface area contributed by atoms with Crippen molar-refractivity contribution in [2.24, 2.45) is 5.73 Å². The second-order valence-corrected chi connectivity index (χ2v) is 3.85. The van der Waals surface area contributed by atoms with E-state index in [1.807, 2.05) is 18.2 Å². The molecule has 0 saturated heterocycles. The summed E-state index contributed by atoms with van der Waals surface area (Å²) < 4.78 is 0. The Morgan fingerprint density at radius 1 is 1.35 bits per heavy atom. The highest BCUT2D eigenvalue weighted by molar-refractivity contribution is 5.87. The van der Waals surface area contributed by atoms with Crippen LogP contribution in [0.4, 0.5) is 0 Å². The zero-order chi connectivity index (χ0) is 12.8. The molecule has 2 amide bonds. The number of primary amides is 1. The highest BCUT2D eigenvalue weighted by Gasteiger charge is 2.22. The molecule has 5 heteroatoms. The molecule has 5 nitrogen and oxygen atoms in total. The van der Waals surface area contributed by atoms with E-state index in [2.05, 4.69) is 5.32 Å². The van der Waals surface area contributed by atoms with E-state index in [0.29, 0.717) is 0 Å². The smallest absolute Gasteiger partial charge is 0.242 e. The second-order valence-electron chi connectivity index (χ2n) is 3.85. The number of hydrogen-bond acceptors (Lipinski definition) is 3. The van der Waals surface area contributed by atoms with Crippen molar-refractivity contribution < 1.29 is 14.7 Å². The lowest BCUT2D eigenvalue weighted by molar-refractivity contribution is -0.129. The average Bonchev–Trinajstić information content (AvgIpc) is 2.26. The van der Waals surface area contributed by atoms with Crippen molar-refractivity contribution in [3.63, 3.8) is 0 Å². The van der Waals surface area contributed by atoms with Gasteiger partial charge in [-0.15, -0.1) is 0 Å². The van der Waals surface area contributed by atoms with Crippen LogP contribution in [0.5, 0.6) is 0 Å². The molecule has 0 heterocycles. The summed E-state index contributed by atoms with van der Waals surface area (Å²) in [6.45, 7) is 1.40. The first-order valence-corrected chi connectivity index (χ1v) is 5.31. The lowest BCUT2D eigenvalue weighted by atomic mass is 10.1. The number of carbonyl (C=O) groups excluding carboxylic acids is 2. The Morgan fingerprint density at radius 3 is 2.41 bits per heavy atom. The van der Waals surface area contributed by atoms with Crippen LogP contribution in [0.3, 0.4) is 0 Å². The van der Waals surface area contributed by atoms with Gasteiger partial charge in [-0.1, -0.05) is 30.3 Å². The lowest BCUT2D eigenvalue weighted by Crippen LogP contribution is -2.51. The summed E-state index contributed by atoms with van der Waals surface area (Å²) in [6.07, 6.45) is -0.857. The number of aliphatic hydroxyl groups is 1. The molecule has 0 aliphatic carbocycles. The van der Waals surface area contributed by atoms with Crippen molar-refractivity contribution in [3.05, 3.63) is 35.9 Å². The molecule has 0 bridgehead atoms. The van der Waals surface area contributed by atoms with Crippen LogP contribution < -0.4 is 11.1 Å². The number of nitrogens with two attached hydrogens (primary N) is 1. The molecule has 2 unspecified atom stereocenters. The second kappa shape index (κ2) is 6.00. The fourth-order valence-corrected chi connectivity index (χ4v) is 1.44. The molecule has 1 aromatic carbocycles. The number of rotatable bonds is 5. The number of carbonyl (C=O) groups is 2. The van der Waals surface area contributed by atoms with E-state index in [0.717, 1.165) is 5.56 Å². The standard InChI is InChI=1S/C12H16N2O3/c1-8(15)11(12(13)17)14-10(16)7-9-5-3-2-4-6-9/h2-6,8,11,15H,7H2,1H3,(H2,13,17)(H,14,16). The zero-order valence-electron chi connectivity index (χ0n) is 9.59. The van der Waals surface area contributed by atoms with Crippen LogP contribution in [0.2, 0.25) is 0 Å². The predicted octanol–water partition coefficient (Wildman–Crippen LogP) is -0.420. The minimum absolute atomic E-state index is 0.150. The van der Waals surface area contributed by atoms with Gasteiger partial charge in [0.1, 0.15) is 6.04 Å². The Balaban J connectivity index is 2.57. The largest absolute Gasteiger partial charge is 0.391 e. The van der Waals surface area contributed by atoms with Crippen molar-refractivity contribution in [3.8, 4) is 0 Å². The Morgan fingerprint density at radius 2 is 1.94 bits per heavy atom. The minimum Gasteiger partial charge on any atom is -0.391 e. The Labute approximate surface area is 99.6 Å². The normalized spacial score (nSPS) is 13.8. The lowest BCUT2D eigenvalue weighted by Gasteiger charge is -2.17. The van der Waals surface area contributed by atoms with E-state index in [1.165, 1.54) is 6.92 Å². The molecule has 17 heavy (non-hydrogen) atoms. The monoisotopic (exact) mass is 236 g/mol. The van der Waals surface area contributed by atoms with Crippen LogP contribution in [0, 0.1) is 0 Å². The van der Waals surface area contributed by atoms with Gasteiger partial charge in [-0.2, -0.15) is 0 Å². The van der Waals surface area contributed by atoms with E-state index in [1.54, 1.807) is 12.1 Å². The van der Waals surface area contributed by atoms with Gasteiger partial charge in [-0.3, -0.25) is 9.59 Å². The number of nitrogens with one attached hydrogen (secondary N) is 1. The zero-order valence-corrected chi connectivity index (χ0v) is 9.59. The van der Waals surface area contributed by atoms with Crippen molar-refractivity contribution >= 4 is 11.8 Å². The van der Waals surface area contributed by atoms with E-state index in [-0.39, 0.29) is 12.3 Å². The van der Waals surface area contributed by atoms with Crippen molar-refractivity contribution in [1.29, 1.82) is 0 Å². The molecule has 2 atom stereocenters. The van der Waals surface area contributed by atoms with Crippen LogP contribution in [-0.4, -0.2) is 29.1 Å². The fourth-order valence-electron chi connectivity index (χ4n) is 1.44. The summed E-state index contributed by atoms with van der Waals surface area (Å²) in [5.74, 6) is -1.10. The molecule has 4 N–H and O–H groups in total. The van der Waals surface area contributed by atoms with Crippen LogP contribution in [0.1, 0.15) is 12.5 Å². The van der Waals surface area contributed by atoms with E-state index in [9.17, 15) is 14.7 Å². The first-order chi connectivity index (χ1) is 8.00. The van der Waals surface area contributed by atoms with Crippen LogP contribution in [0.25, 0.3) is 0 Å². The van der Waals surface area contributed by atoms with Crippen LogP contribution in [-0.2, 0) is 16.0 Å². The van der Waals surface area contributed by atoms with Gasteiger partial charge in [0.15, 0.2) is 0 Å². The van der Waals surface area contributed by atoms with Gasteiger partial charge in [0.25, 0.3) is 0 Å². The molecule has 0 spiro atoms. The number of hydrogen-bond donors (Lipinski definition) is 3. The van der Waals surface area contributed by atoms with Crippen molar-refractivity contribution in [2.45, 2.75) is 25.5 Å². The molecular weight excluding hydrogens is 220 g/mol. The van der Waals surface area contributed by atoms with E-state index >= 15 is 0 Å². The van der Waals surface area contributed by atoms with Crippen molar-refractivity contribution in [1.82, 2.24) is 5.32 Å². The third-order valence-electron chi connectivity index (χ3n) is 2.31. The Bertz CT molecular complexity index is 390. The third-order valence-corrected chi connectivity index (χ3v) is 2.31. The van der Waals surface area contributed by atoms with Gasteiger partial charge in [-0.05, 0) is 12.5 Å². The first-order valence-electron chi connectivity index (χ1n) is 5.31. The molecule has 0 radical (unpaired) electrons. The van der Waals surface area contributed by atoms with Crippen LogP contribution in [0.15, 0.2) is 30.3 Å². The molecule has 0 aromatic heterocycles. The molecule has 0 saturated carbocycles. The number of aliphatic hydroxyl groups excluding tert-OH is 1. The van der Waals surface area contributed by atoms with Crippen LogP contribution >= 0.6 is 0 Å². The van der Waals surface area contributed by atoms with Crippen molar-refractivity contribution in [2.75, 3.05) is 0 Å². The molecule has 0 fully saturated rings. The topological polar surface area (TPSA) is 92.4 Å². The number of amides is 2. The van der Waals surface area contributed by atoms with Gasteiger partial charge in [0.2, 0.25) is 11.8 Å². The summed E-state index contributed by atoms with van der Waals surface area (Å²) in [4.78, 5) is 22.6. The number of benzene rings is 1. The maximum absolute atomic E-state index is 11.6. The highest BCUT2D eigenvalue weighted by Crippen LogP contribution is 2.00. The SMILES string of the molecule is CC(O)C(NC(=O)Cc1ccccc1)C(N)=O. The molecule has 92 valence electrons. The molecule has 0 aliphatic heterocycles. The average molecular weight is 236 g/mol. The minimum atomic E-state index is -1.05. The summed E-state index contributed by atoms with van der Waals surface area (Å²) in [5, 5.41) is 11.7. The fraction of sp³-hybridized carbons (Fsp3) is 0.333. The molecule has 1 aromatic rings. The molecule has 0 aliphatic rings.